The van der Waals surface area contributed by atoms with E-state index in [0.29, 0.717) is 130 Å². The lowest BCUT2D eigenvalue weighted by molar-refractivity contribution is -0.148. The summed E-state index contributed by atoms with van der Waals surface area (Å²) in [6, 6.07) is 13.1. The zero-order chi connectivity index (χ0) is 65.6. The summed E-state index contributed by atoms with van der Waals surface area (Å²) in [4.78, 5) is 54.1. The molecule has 3 aliphatic carbocycles. The van der Waals surface area contributed by atoms with E-state index in [1.165, 1.54) is 61.1 Å². The topological polar surface area (TPSA) is 278 Å². The molecule has 3 amide bonds. The molecular weight excluding hydrogens is 1220 g/mol. The molecule has 3 aromatic carbocycles. The molecule has 4 N–H and O–H groups in total. The Bertz CT molecular complexity index is 3070. The number of esters is 1. The lowest BCUT2D eigenvalue weighted by Crippen LogP contribution is -2.29. The number of hydrogen-bond acceptors (Lipinski definition) is 17. The van der Waals surface area contributed by atoms with Crippen molar-refractivity contribution >= 4 is 59.5 Å². The summed E-state index contributed by atoms with van der Waals surface area (Å²) in [6.07, 6.45) is 13.3. The number of Topliss-reactive ketones (excluding diaryl/α,β-unsaturated/α-hetero) is 1. The number of hydrogen-bond donors (Lipinski definition) is 3. The van der Waals surface area contributed by atoms with Crippen molar-refractivity contribution in [3.05, 3.63) is 88.7 Å². The fraction of sp³-hybridized carbons (Fsp3) is 0.641. The molecule has 0 bridgehead atoms. The SMILES string of the molecule is CC(=O)CNCCCCCS(=O)(=O)C[C@@H](C)c1cc(F)cc(OCC2CC2)c1.CCOC(=O)C=O.C[C@H](CS(=O)(=O)CCCCCN)c1cc(F)cc(OCC2CC2)c1.C[C@H](CS(=O)(=O)CCCCCN1CC(=O)NC1=O)c1cc(F)cc(OCC2CC2)c1. The number of nitrogens with zero attached hydrogens (tertiary/aromatic N) is 1. The Morgan fingerprint density at radius 3 is 1.30 bits per heavy atom. The van der Waals surface area contributed by atoms with Crippen molar-refractivity contribution in [1.29, 1.82) is 0 Å². The van der Waals surface area contributed by atoms with Gasteiger partial charge < -0.3 is 34.9 Å². The molecule has 3 atom stereocenters. The number of nitrogens with one attached hydrogen (secondary N) is 2. The summed E-state index contributed by atoms with van der Waals surface area (Å²) in [5.74, 6) is 0.321. The number of ketones is 1. The van der Waals surface area contributed by atoms with Crippen LogP contribution >= 0.6 is 0 Å². The van der Waals surface area contributed by atoms with Gasteiger partial charge in [0.1, 0.15) is 47.0 Å². The van der Waals surface area contributed by atoms with Crippen LogP contribution in [-0.2, 0) is 53.4 Å². The maximum absolute atomic E-state index is 13.9. The molecule has 0 spiro atoms. The first-order valence-electron chi connectivity index (χ1n) is 31.2. The molecule has 19 nitrogen and oxygen atoms in total. The van der Waals surface area contributed by atoms with E-state index in [0.717, 1.165) is 51.4 Å². The second-order valence-electron chi connectivity index (χ2n) is 24.0. The quantitative estimate of drug-likeness (QED) is 0.0158. The third kappa shape index (κ3) is 33.9. The molecule has 0 unspecified atom stereocenters. The van der Waals surface area contributed by atoms with Gasteiger partial charge in [0.2, 0.25) is 12.2 Å². The van der Waals surface area contributed by atoms with Crippen LogP contribution in [0.4, 0.5) is 18.0 Å². The number of carbonyl (C=O) groups excluding carboxylic acids is 5. The third-order valence-corrected chi connectivity index (χ3v) is 20.7. The molecular formula is C64H95F3N4O15S3. The Hall–Kier alpha value is -5.63. The van der Waals surface area contributed by atoms with Gasteiger partial charge in [0.05, 0.1) is 67.5 Å². The number of ether oxygens (including phenoxy) is 4. The summed E-state index contributed by atoms with van der Waals surface area (Å²) in [5, 5.41) is 5.23. The molecule has 25 heteroatoms. The first-order chi connectivity index (χ1) is 42.2. The fourth-order valence-electron chi connectivity index (χ4n) is 9.33. The van der Waals surface area contributed by atoms with Crippen molar-refractivity contribution in [3.8, 4) is 17.2 Å². The minimum Gasteiger partial charge on any atom is -0.493 e. The minimum atomic E-state index is -3.30. The first kappa shape index (κ1) is 75.8. The molecule has 89 heavy (non-hydrogen) atoms. The van der Waals surface area contributed by atoms with E-state index >= 15 is 0 Å². The number of benzene rings is 3. The van der Waals surface area contributed by atoms with Crippen molar-refractivity contribution in [2.45, 2.75) is 149 Å². The number of rotatable bonds is 39. The van der Waals surface area contributed by atoms with Gasteiger partial charge in [0.25, 0.3) is 0 Å². The molecule has 3 aromatic rings. The van der Waals surface area contributed by atoms with Gasteiger partial charge in [-0.3, -0.25) is 19.7 Å². The highest BCUT2D eigenvalue weighted by molar-refractivity contribution is 7.91. The molecule has 0 aromatic heterocycles. The lowest BCUT2D eigenvalue weighted by atomic mass is 10.0. The average molecular weight is 1310 g/mol. The molecule has 3 saturated carbocycles. The van der Waals surface area contributed by atoms with Crippen LogP contribution < -0.4 is 30.6 Å². The van der Waals surface area contributed by atoms with Gasteiger partial charge in [-0.1, -0.05) is 40.0 Å². The number of amides is 3. The molecule has 4 aliphatic rings. The number of nitrogens with two attached hydrogens (primary N) is 1. The van der Waals surface area contributed by atoms with Crippen molar-refractivity contribution in [1.82, 2.24) is 15.5 Å². The minimum absolute atomic E-state index is 0.00110. The van der Waals surface area contributed by atoms with Gasteiger partial charge in [-0.2, -0.15) is 0 Å². The van der Waals surface area contributed by atoms with Crippen molar-refractivity contribution in [2.24, 2.45) is 23.5 Å². The number of unbranched alkanes of at least 4 members (excludes halogenated alkanes) is 6. The zero-order valence-electron chi connectivity index (χ0n) is 52.5. The molecule has 7 rings (SSSR count). The number of aldehydes is 1. The maximum Gasteiger partial charge on any atom is 0.371 e. The third-order valence-electron chi connectivity index (χ3n) is 14.9. The summed E-state index contributed by atoms with van der Waals surface area (Å²) >= 11 is 0. The normalized spacial score (nSPS) is 15.8. The van der Waals surface area contributed by atoms with Crippen LogP contribution in [0.5, 0.6) is 17.2 Å². The largest absolute Gasteiger partial charge is 0.493 e. The van der Waals surface area contributed by atoms with E-state index in [1.807, 2.05) is 13.8 Å². The Labute approximate surface area is 525 Å². The lowest BCUT2D eigenvalue weighted by Gasteiger charge is -2.15. The number of halogens is 3. The van der Waals surface area contributed by atoms with Gasteiger partial charge in [-0.25, -0.2) is 48.0 Å². The maximum atomic E-state index is 13.9. The summed E-state index contributed by atoms with van der Waals surface area (Å²) in [7, 11) is -9.67. The number of sulfone groups is 3. The Balaban J connectivity index is 0.000000272. The molecule has 0 radical (unpaired) electrons. The van der Waals surface area contributed by atoms with Gasteiger partial charge in [0, 0.05) is 24.7 Å². The smallest absolute Gasteiger partial charge is 0.371 e. The standard InChI is InChI=1S/C21H29FN2O5S.C21H32FNO4S.C18H28FNO3S.C4H6O3/c1-15(17-9-18(22)11-19(10-17)29-13-16-5-6-16)14-30(27,28)8-4-2-3-7-24-12-20(25)23-21(24)26;1-16(15-28(25,26)9-5-3-4-8-23-13-17(2)24)19-10-20(22)12-21(11-19)27-14-18-6-7-18;1-14(13-24(21,22)8-4-2-3-7-20)16-9-17(19)11-18(10-16)23-12-15-5-6-15;1-2-7-4(6)3-5/h9-11,15-16H,2-8,12-14H2,1H3,(H,23,25,26);10-12,16,18,23H,3-9,13-15H2,1-2H3;9-11,14-15H,2-8,12-13,20H2,1H3;3H,2H2,1H3/t15-;16-;14-;/m111./s1. The number of imide groups is 1. The Morgan fingerprint density at radius 1 is 0.607 bits per heavy atom. The van der Waals surface area contributed by atoms with E-state index in [4.69, 9.17) is 19.9 Å². The average Bonchev–Trinajstić information content (AvgIpc) is 2.96. The van der Waals surface area contributed by atoms with Crippen LogP contribution in [0.15, 0.2) is 54.6 Å². The van der Waals surface area contributed by atoms with Crippen LogP contribution in [0.2, 0.25) is 0 Å². The van der Waals surface area contributed by atoms with Crippen molar-refractivity contribution in [2.75, 3.05) is 93.7 Å². The van der Waals surface area contributed by atoms with Crippen molar-refractivity contribution in [3.63, 3.8) is 0 Å². The summed E-state index contributed by atoms with van der Waals surface area (Å²) in [6.45, 7) is 12.8. The Morgan fingerprint density at radius 2 is 0.989 bits per heavy atom. The molecule has 4 fully saturated rings. The molecule has 1 saturated heterocycles. The highest BCUT2D eigenvalue weighted by Gasteiger charge is 2.28. The zero-order valence-corrected chi connectivity index (χ0v) is 54.9. The van der Waals surface area contributed by atoms with Gasteiger partial charge in [-0.15, -0.1) is 0 Å². The highest BCUT2D eigenvalue weighted by atomic mass is 32.2. The summed E-state index contributed by atoms with van der Waals surface area (Å²) in [5.41, 5.74) is 7.36. The highest BCUT2D eigenvalue weighted by Crippen LogP contribution is 2.34. The van der Waals surface area contributed by atoms with E-state index in [-0.39, 0.29) is 89.2 Å². The van der Waals surface area contributed by atoms with Crippen molar-refractivity contribution < 1.29 is 81.3 Å². The van der Waals surface area contributed by atoms with Crippen LogP contribution in [0.3, 0.4) is 0 Å². The fourth-order valence-corrected chi connectivity index (χ4v) is 14.6. The summed E-state index contributed by atoms with van der Waals surface area (Å²) < 4.78 is 137. The second-order valence-corrected chi connectivity index (χ2v) is 30.7. The van der Waals surface area contributed by atoms with Crippen LogP contribution in [0, 0.1) is 35.2 Å². The number of carbonyl (C=O) groups is 5. The Kier molecular flexibility index (Phi) is 33.2. The van der Waals surface area contributed by atoms with E-state index < -0.39 is 53.1 Å². The predicted molar refractivity (Wildman–Crippen MR) is 337 cm³/mol. The molecule has 1 heterocycles. The van der Waals surface area contributed by atoms with Crippen LogP contribution in [0.1, 0.15) is 165 Å². The second kappa shape index (κ2) is 38.9. The first-order valence-corrected chi connectivity index (χ1v) is 36.7. The van der Waals surface area contributed by atoms with Crippen LogP contribution in [0.25, 0.3) is 0 Å². The molecule has 500 valence electrons. The van der Waals surface area contributed by atoms with Gasteiger partial charge in [-0.05, 0) is 193 Å². The van der Waals surface area contributed by atoms with Crippen LogP contribution in [-0.4, -0.2) is 154 Å². The predicted octanol–water partition coefficient (Wildman–Crippen LogP) is 9.35. The van der Waals surface area contributed by atoms with Gasteiger partial charge in [0.15, 0.2) is 29.5 Å². The van der Waals surface area contributed by atoms with E-state index in [2.05, 4.69) is 15.4 Å². The van der Waals surface area contributed by atoms with Gasteiger partial charge >= 0.3 is 12.0 Å². The van der Waals surface area contributed by atoms with E-state index in [9.17, 15) is 62.4 Å². The molecule has 1 aliphatic heterocycles. The number of urea groups is 1. The van der Waals surface area contributed by atoms with E-state index in [1.54, 1.807) is 32.0 Å². The monoisotopic (exact) mass is 1310 g/mol.